The smallest absolute Gasteiger partial charge is 0.214 e. The van der Waals surface area contributed by atoms with Crippen molar-refractivity contribution in [3.8, 4) is 5.75 Å². The zero-order valence-corrected chi connectivity index (χ0v) is 12.0. The second-order valence-corrected chi connectivity index (χ2v) is 5.35. The second kappa shape index (κ2) is 5.54. The van der Waals surface area contributed by atoms with E-state index in [1.807, 2.05) is 6.92 Å². The topological polar surface area (TPSA) is 56.6 Å². The summed E-state index contributed by atoms with van der Waals surface area (Å²) in [5.74, 6) is 0.510. The minimum atomic E-state index is -0.403. The van der Waals surface area contributed by atoms with E-state index in [1.165, 1.54) is 12.8 Å². The van der Waals surface area contributed by atoms with E-state index in [9.17, 15) is 4.79 Å². The van der Waals surface area contributed by atoms with Gasteiger partial charge in [0.15, 0.2) is 5.75 Å². The molecule has 2 aliphatic heterocycles. The molecule has 6 nitrogen and oxygen atoms in total. The molecule has 0 amide bonds. The molecule has 3 heterocycles. The number of hydrogen-bond acceptors (Lipinski definition) is 5. The maximum atomic E-state index is 12.7. The summed E-state index contributed by atoms with van der Waals surface area (Å²) >= 11 is 0. The molecule has 0 aromatic carbocycles. The lowest BCUT2D eigenvalue weighted by atomic mass is 10.1. The summed E-state index contributed by atoms with van der Waals surface area (Å²) in [4.78, 5) is 15.1. The van der Waals surface area contributed by atoms with E-state index in [1.54, 1.807) is 18.0 Å². The Hall–Kier alpha value is -1.40. The molecule has 0 N–H and O–H groups in total. The number of hydrogen-bond donors (Lipinski definition) is 0. The van der Waals surface area contributed by atoms with Crippen molar-refractivity contribution in [2.24, 2.45) is 0 Å². The molecule has 1 aromatic heterocycles. The Kier molecular flexibility index (Phi) is 3.76. The number of ether oxygens (including phenoxy) is 2. The van der Waals surface area contributed by atoms with Gasteiger partial charge in [0.05, 0.1) is 19.9 Å². The van der Waals surface area contributed by atoms with Crippen LogP contribution in [0.4, 0.5) is 0 Å². The van der Waals surface area contributed by atoms with Gasteiger partial charge >= 0.3 is 0 Å². The van der Waals surface area contributed by atoms with Crippen LogP contribution in [0.25, 0.3) is 0 Å². The molecule has 1 aromatic rings. The molecule has 2 aliphatic rings. The fraction of sp³-hybridized carbons (Fsp3) is 0.714. The maximum absolute atomic E-state index is 12.7. The lowest BCUT2D eigenvalue weighted by Crippen LogP contribution is -2.49. The Bertz CT molecular complexity index is 478. The highest BCUT2D eigenvalue weighted by Crippen LogP contribution is 2.26. The van der Waals surface area contributed by atoms with Gasteiger partial charge in [0.1, 0.15) is 11.8 Å². The third kappa shape index (κ3) is 2.23. The molecular formula is C14H21N3O3. The van der Waals surface area contributed by atoms with Crippen LogP contribution in [0.2, 0.25) is 0 Å². The summed E-state index contributed by atoms with van der Waals surface area (Å²) in [5.41, 5.74) is 0.526. The van der Waals surface area contributed by atoms with Gasteiger partial charge in [0, 0.05) is 19.1 Å². The molecule has 0 spiro atoms. The number of Topliss-reactive ketones (excluding diaryl/α,β-unsaturated/α-hetero) is 1. The number of ketones is 1. The molecule has 2 fully saturated rings. The van der Waals surface area contributed by atoms with Gasteiger partial charge in [0.2, 0.25) is 5.78 Å². The Balaban J connectivity index is 1.80. The predicted octanol–water partition coefficient (Wildman–Crippen LogP) is 0.957. The normalized spacial score (nSPS) is 26.5. The van der Waals surface area contributed by atoms with Crippen molar-refractivity contribution in [2.75, 3.05) is 26.8 Å². The van der Waals surface area contributed by atoms with Crippen molar-refractivity contribution in [1.29, 1.82) is 0 Å². The molecule has 0 bridgehead atoms. The second-order valence-electron chi connectivity index (χ2n) is 5.35. The molecule has 0 radical (unpaired) electrons. The number of nitrogens with zero attached hydrogens (tertiary/aromatic N) is 3. The largest absolute Gasteiger partial charge is 0.493 e. The lowest BCUT2D eigenvalue weighted by molar-refractivity contribution is -0.0349. The number of carbonyl (C=O) groups is 1. The van der Waals surface area contributed by atoms with Gasteiger partial charge in [0.25, 0.3) is 0 Å². The van der Waals surface area contributed by atoms with Crippen molar-refractivity contribution in [1.82, 2.24) is 14.7 Å². The van der Waals surface area contributed by atoms with E-state index in [4.69, 9.17) is 9.47 Å². The van der Waals surface area contributed by atoms with Gasteiger partial charge in [-0.25, -0.2) is 0 Å². The molecular weight excluding hydrogens is 258 g/mol. The zero-order chi connectivity index (χ0) is 14.1. The van der Waals surface area contributed by atoms with Crippen LogP contribution in [0.15, 0.2) is 6.20 Å². The summed E-state index contributed by atoms with van der Waals surface area (Å²) in [6.07, 6.45) is 3.57. The maximum Gasteiger partial charge on any atom is 0.214 e. The lowest BCUT2D eigenvalue weighted by Gasteiger charge is -2.34. The Morgan fingerprint density at radius 2 is 2.45 bits per heavy atom. The van der Waals surface area contributed by atoms with Crippen molar-refractivity contribution < 1.29 is 14.3 Å². The van der Waals surface area contributed by atoms with Crippen LogP contribution in [0.1, 0.15) is 30.3 Å². The van der Waals surface area contributed by atoms with E-state index in [0.29, 0.717) is 37.2 Å². The summed E-state index contributed by atoms with van der Waals surface area (Å²) in [5, 5.41) is 4.19. The van der Waals surface area contributed by atoms with Crippen LogP contribution in [0.3, 0.4) is 0 Å². The van der Waals surface area contributed by atoms with E-state index in [2.05, 4.69) is 10.00 Å². The predicted molar refractivity (Wildman–Crippen MR) is 73.1 cm³/mol. The minimum absolute atomic E-state index is 0.0217. The third-order valence-electron chi connectivity index (χ3n) is 4.24. The number of morpholine rings is 1. The molecule has 6 heteroatoms. The van der Waals surface area contributed by atoms with Crippen molar-refractivity contribution in [3.63, 3.8) is 0 Å². The average Bonchev–Trinajstić information content (AvgIpc) is 3.11. The molecule has 110 valence electrons. The summed E-state index contributed by atoms with van der Waals surface area (Å²) in [6.45, 7) is 5.01. The van der Waals surface area contributed by atoms with E-state index in [-0.39, 0.29) is 5.78 Å². The molecule has 2 atom stereocenters. The van der Waals surface area contributed by atoms with Crippen LogP contribution < -0.4 is 4.74 Å². The first kappa shape index (κ1) is 13.6. The third-order valence-corrected chi connectivity index (χ3v) is 4.24. The molecule has 3 rings (SSSR count). The van der Waals surface area contributed by atoms with Crippen LogP contribution in [-0.2, 0) is 11.3 Å². The number of methoxy groups -OCH3 is 1. The highest BCUT2D eigenvalue weighted by Gasteiger charge is 2.37. The molecule has 0 saturated carbocycles. The SMILES string of the molecule is CCn1ncc(OC)c1C(=O)C1CN2CCCC2CO1. The highest BCUT2D eigenvalue weighted by molar-refractivity contribution is 6.00. The van der Waals surface area contributed by atoms with Crippen molar-refractivity contribution >= 4 is 5.78 Å². The van der Waals surface area contributed by atoms with E-state index >= 15 is 0 Å². The standard InChI is InChI=1S/C14H21N3O3/c1-3-17-13(11(19-2)7-15-17)14(18)12-8-16-6-4-5-10(16)9-20-12/h7,10,12H,3-6,8-9H2,1-2H3. The first-order chi connectivity index (χ1) is 9.74. The van der Waals surface area contributed by atoms with Crippen LogP contribution >= 0.6 is 0 Å². The highest BCUT2D eigenvalue weighted by atomic mass is 16.5. The number of rotatable bonds is 4. The van der Waals surface area contributed by atoms with Crippen molar-refractivity contribution in [2.45, 2.75) is 38.5 Å². The van der Waals surface area contributed by atoms with Gasteiger partial charge in [-0.3, -0.25) is 14.4 Å². The number of aromatic nitrogens is 2. The van der Waals surface area contributed by atoms with Gasteiger partial charge < -0.3 is 9.47 Å². The van der Waals surface area contributed by atoms with Gasteiger partial charge in [-0.2, -0.15) is 5.10 Å². The van der Waals surface area contributed by atoms with Crippen molar-refractivity contribution in [3.05, 3.63) is 11.9 Å². The van der Waals surface area contributed by atoms with Gasteiger partial charge in [-0.1, -0.05) is 0 Å². The number of aryl methyl sites for hydroxylation is 1. The van der Waals surface area contributed by atoms with Crippen LogP contribution in [0.5, 0.6) is 5.75 Å². The van der Waals surface area contributed by atoms with E-state index in [0.717, 1.165) is 6.54 Å². The number of carbonyl (C=O) groups excluding carboxylic acids is 1. The van der Waals surface area contributed by atoms with E-state index < -0.39 is 6.10 Å². The fourth-order valence-corrected chi connectivity index (χ4v) is 3.13. The first-order valence-corrected chi connectivity index (χ1v) is 7.24. The first-order valence-electron chi connectivity index (χ1n) is 7.24. The summed E-state index contributed by atoms with van der Waals surface area (Å²) in [6, 6.07) is 0.497. The quantitative estimate of drug-likeness (QED) is 0.768. The Morgan fingerprint density at radius 1 is 1.60 bits per heavy atom. The average molecular weight is 279 g/mol. The summed E-state index contributed by atoms with van der Waals surface area (Å²) in [7, 11) is 1.56. The summed E-state index contributed by atoms with van der Waals surface area (Å²) < 4.78 is 12.7. The Labute approximate surface area is 118 Å². The molecule has 20 heavy (non-hydrogen) atoms. The minimum Gasteiger partial charge on any atom is -0.493 e. The van der Waals surface area contributed by atoms with Crippen LogP contribution in [0, 0.1) is 0 Å². The Morgan fingerprint density at radius 3 is 3.20 bits per heavy atom. The number of fused-ring (bicyclic) bond motifs is 1. The van der Waals surface area contributed by atoms with Gasteiger partial charge in [-0.15, -0.1) is 0 Å². The molecule has 0 aliphatic carbocycles. The monoisotopic (exact) mass is 279 g/mol. The fourth-order valence-electron chi connectivity index (χ4n) is 3.13. The van der Waals surface area contributed by atoms with Crippen LogP contribution in [-0.4, -0.2) is 59.4 Å². The zero-order valence-electron chi connectivity index (χ0n) is 12.0. The molecule has 2 unspecified atom stereocenters. The van der Waals surface area contributed by atoms with Gasteiger partial charge in [-0.05, 0) is 26.3 Å². The molecule has 2 saturated heterocycles.